The van der Waals surface area contributed by atoms with E-state index >= 15 is 0 Å². The Hall–Kier alpha value is -1.39. The van der Waals surface area contributed by atoms with Crippen molar-refractivity contribution in [2.75, 3.05) is 7.11 Å². The second-order valence-corrected chi connectivity index (χ2v) is 5.49. The van der Waals surface area contributed by atoms with E-state index in [1.807, 2.05) is 6.92 Å². The van der Waals surface area contributed by atoms with Crippen molar-refractivity contribution in [1.29, 1.82) is 0 Å². The monoisotopic (exact) mass is 356 g/mol. The van der Waals surface area contributed by atoms with Crippen molar-refractivity contribution >= 4 is 33.3 Å². The van der Waals surface area contributed by atoms with Crippen molar-refractivity contribution in [2.45, 2.75) is 6.92 Å². The molecule has 0 aliphatic rings. The molecule has 0 heterocycles. The topological polar surface area (TPSA) is 26.3 Å². The van der Waals surface area contributed by atoms with Gasteiger partial charge in [0.25, 0.3) is 0 Å². The van der Waals surface area contributed by atoms with Crippen LogP contribution in [0.2, 0.25) is 5.02 Å². The number of aryl methyl sites for hydroxylation is 1. The Kier molecular flexibility index (Phi) is 4.45. The van der Waals surface area contributed by atoms with Crippen molar-refractivity contribution in [3.05, 3.63) is 62.3 Å². The van der Waals surface area contributed by atoms with Gasteiger partial charge in [-0.05, 0) is 36.8 Å². The third-order valence-corrected chi connectivity index (χ3v) is 4.08. The van der Waals surface area contributed by atoms with Gasteiger partial charge in [0.05, 0.1) is 23.3 Å². The first-order chi connectivity index (χ1) is 9.45. The lowest BCUT2D eigenvalue weighted by Crippen LogP contribution is -2.08. The minimum absolute atomic E-state index is 0.0775. The summed E-state index contributed by atoms with van der Waals surface area (Å²) in [6.45, 7) is 1.87. The minimum atomic E-state index is -0.652. The average molecular weight is 358 g/mol. The molecule has 0 amide bonds. The van der Waals surface area contributed by atoms with Gasteiger partial charge in [-0.3, -0.25) is 4.79 Å². The van der Waals surface area contributed by atoms with E-state index in [9.17, 15) is 9.18 Å². The highest BCUT2D eigenvalue weighted by Gasteiger charge is 2.21. The van der Waals surface area contributed by atoms with Crippen LogP contribution in [0.25, 0.3) is 0 Å². The lowest BCUT2D eigenvalue weighted by molar-refractivity contribution is 0.103. The quantitative estimate of drug-likeness (QED) is 0.738. The number of rotatable bonds is 3. The van der Waals surface area contributed by atoms with Gasteiger partial charge in [0, 0.05) is 4.47 Å². The fraction of sp³-hybridized carbons (Fsp3) is 0.133. The molecule has 0 saturated carbocycles. The Bertz CT molecular complexity index is 666. The molecule has 2 nitrogen and oxygen atoms in total. The Morgan fingerprint density at radius 3 is 2.65 bits per heavy atom. The summed E-state index contributed by atoms with van der Waals surface area (Å²) in [5.74, 6) is -0.776. The van der Waals surface area contributed by atoms with E-state index in [1.54, 1.807) is 12.1 Å². The van der Waals surface area contributed by atoms with Gasteiger partial charge in [-0.15, -0.1) is 0 Å². The van der Waals surface area contributed by atoms with Gasteiger partial charge in [-0.2, -0.15) is 0 Å². The molecule has 0 fully saturated rings. The molecule has 0 saturated heterocycles. The van der Waals surface area contributed by atoms with E-state index in [-0.39, 0.29) is 16.1 Å². The molecule has 2 rings (SSSR count). The SMILES string of the molecule is COc1cc(C)c(Br)cc1C(=O)c1c(F)cccc1Cl. The highest BCUT2D eigenvalue weighted by molar-refractivity contribution is 9.10. The number of ether oxygens (including phenoxy) is 1. The minimum Gasteiger partial charge on any atom is -0.496 e. The number of hydrogen-bond acceptors (Lipinski definition) is 2. The van der Waals surface area contributed by atoms with Crippen molar-refractivity contribution in [2.24, 2.45) is 0 Å². The molecule has 0 spiro atoms. The van der Waals surface area contributed by atoms with Gasteiger partial charge >= 0.3 is 0 Å². The number of methoxy groups -OCH3 is 1. The van der Waals surface area contributed by atoms with Gasteiger partial charge in [-0.25, -0.2) is 4.39 Å². The highest BCUT2D eigenvalue weighted by atomic mass is 79.9. The lowest BCUT2D eigenvalue weighted by Gasteiger charge is -2.11. The summed E-state index contributed by atoms with van der Waals surface area (Å²) >= 11 is 9.28. The van der Waals surface area contributed by atoms with Crippen LogP contribution in [0, 0.1) is 12.7 Å². The third-order valence-electron chi connectivity index (χ3n) is 2.92. The summed E-state index contributed by atoms with van der Waals surface area (Å²) in [7, 11) is 1.46. The van der Waals surface area contributed by atoms with Crippen LogP contribution < -0.4 is 4.74 Å². The maximum atomic E-state index is 13.8. The lowest BCUT2D eigenvalue weighted by atomic mass is 10.0. The second kappa shape index (κ2) is 5.94. The van der Waals surface area contributed by atoms with E-state index in [1.165, 1.54) is 25.3 Å². The molecule has 2 aromatic carbocycles. The number of benzene rings is 2. The molecule has 0 aliphatic heterocycles. The van der Waals surface area contributed by atoms with Crippen LogP contribution in [0.15, 0.2) is 34.8 Å². The van der Waals surface area contributed by atoms with Crippen LogP contribution >= 0.6 is 27.5 Å². The van der Waals surface area contributed by atoms with Crippen LogP contribution in [-0.2, 0) is 0 Å². The summed E-state index contributed by atoms with van der Waals surface area (Å²) in [6, 6.07) is 7.46. The number of ketones is 1. The van der Waals surface area contributed by atoms with E-state index in [0.717, 1.165) is 10.0 Å². The standard InChI is InChI=1S/C15H11BrClFO2/c1-8-6-13(20-2)9(7-10(8)16)15(19)14-11(17)4-3-5-12(14)18/h3-7H,1-2H3. The molecular formula is C15H11BrClFO2. The Morgan fingerprint density at radius 1 is 1.35 bits per heavy atom. The molecule has 20 heavy (non-hydrogen) atoms. The number of halogens is 3. The molecule has 0 aliphatic carbocycles. The largest absolute Gasteiger partial charge is 0.496 e. The molecule has 104 valence electrons. The van der Waals surface area contributed by atoms with Crippen molar-refractivity contribution in [3.63, 3.8) is 0 Å². The summed E-state index contributed by atoms with van der Waals surface area (Å²) in [5, 5.41) is 0.0775. The molecule has 0 radical (unpaired) electrons. The Labute approximate surface area is 129 Å². The summed E-state index contributed by atoms with van der Waals surface area (Å²) in [5.41, 5.74) is 1.03. The van der Waals surface area contributed by atoms with Gasteiger partial charge < -0.3 is 4.74 Å². The molecular weight excluding hydrogens is 347 g/mol. The van der Waals surface area contributed by atoms with Gasteiger partial charge in [0.1, 0.15) is 11.6 Å². The van der Waals surface area contributed by atoms with Crippen LogP contribution in [-0.4, -0.2) is 12.9 Å². The number of carbonyl (C=O) groups excluding carboxylic acids is 1. The summed E-state index contributed by atoms with van der Waals surface area (Å²) in [6.07, 6.45) is 0. The van der Waals surface area contributed by atoms with E-state index < -0.39 is 11.6 Å². The van der Waals surface area contributed by atoms with E-state index in [2.05, 4.69) is 15.9 Å². The molecule has 0 aromatic heterocycles. The first kappa shape index (κ1) is 15.0. The molecule has 0 unspecified atom stereocenters. The summed E-state index contributed by atoms with van der Waals surface area (Å²) in [4.78, 5) is 12.5. The van der Waals surface area contributed by atoms with Gasteiger partial charge in [0.2, 0.25) is 5.78 Å². The Balaban J connectivity index is 2.62. The third kappa shape index (κ3) is 2.72. The Morgan fingerprint density at radius 2 is 2.05 bits per heavy atom. The van der Waals surface area contributed by atoms with Crippen LogP contribution in [0.4, 0.5) is 4.39 Å². The molecule has 0 atom stereocenters. The number of hydrogen-bond donors (Lipinski definition) is 0. The maximum Gasteiger partial charge on any atom is 0.201 e. The fourth-order valence-corrected chi connectivity index (χ4v) is 2.44. The van der Waals surface area contributed by atoms with Crippen molar-refractivity contribution in [3.8, 4) is 5.75 Å². The molecule has 0 N–H and O–H groups in total. The molecule has 0 bridgehead atoms. The predicted molar refractivity (Wildman–Crippen MR) is 80.3 cm³/mol. The summed E-state index contributed by atoms with van der Waals surface area (Å²) < 4.78 is 19.8. The zero-order chi connectivity index (χ0) is 14.9. The van der Waals surface area contributed by atoms with Gasteiger partial charge in [-0.1, -0.05) is 33.6 Å². The number of carbonyl (C=O) groups is 1. The van der Waals surface area contributed by atoms with Crippen LogP contribution in [0.1, 0.15) is 21.5 Å². The second-order valence-electron chi connectivity index (χ2n) is 4.23. The predicted octanol–water partition coefficient (Wildman–Crippen LogP) is 4.79. The van der Waals surface area contributed by atoms with Crippen LogP contribution in [0.5, 0.6) is 5.75 Å². The first-order valence-corrected chi connectivity index (χ1v) is 6.95. The molecule has 2 aromatic rings. The average Bonchev–Trinajstić information content (AvgIpc) is 2.41. The van der Waals surface area contributed by atoms with Crippen molar-refractivity contribution in [1.82, 2.24) is 0 Å². The van der Waals surface area contributed by atoms with E-state index in [4.69, 9.17) is 16.3 Å². The maximum absolute atomic E-state index is 13.8. The van der Waals surface area contributed by atoms with E-state index in [0.29, 0.717) is 5.75 Å². The zero-order valence-corrected chi connectivity index (χ0v) is 13.2. The molecule has 5 heteroatoms. The normalized spacial score (nSPS) is 10.4. The van der Waals surface area contributed by atoms with Gasteiger partial charge in [0.15, 0.2) is 0 Å². The van der Waals surface area contributed by atoms with Crippen LogP contribution in [0.3, 0.4) is 0 Å². The fourth-order valence-electron chi connectivity index (χ4n) is 1.85. The smallest absolute Gasteiger partial charge is 0.201 e. The zero-order valence-electron chi connectivity index (χ0n) is 10.8. The first-order valence-electron chi connectivity index (χ1n) is 5.78. The van der Waals surface area contributed by atoms with Crippen molar-refractivity contribution < 1.29 is 13.9 Å². The highest BCUT2D eigenvalue weighted by Crippen LogP contribution is 2.31.